The topological polar surface area (TPSA) is 71.7 Å². The lowest BCUT2D eigenvalue weighted by atomic mass is 10.3. The Bertz CT molecular complexity index is 601. The Hall–Kier alpha value is -1.69. The number of nitrogens with one attached hydrogen (secondary N) is 1. The molecule has 0 aliphatic rings. The molecule has 2 aromatic rings. The molecule has 0 radical (unpaired) electrons. The van der Waals surface area contributed by atoms with Gasteiger partial charge in [-0.3, -0.25) is 4.79 Å². The summed E-state index contributed by atoms with van der Waals surface area (Å²) in [4.78, 5) is 11.6. The first-order chi connectivity index (χ1) is 10.1. The van der Waals surface area contributed by atoms with E-state index in [0.717, 1.165) is 0 Å². The summed E-state index contributed by atoms with van der Waals surface area (Å²) in [7, 11) is 0. The van der Waals surface area contributed by atoms with Gasteiger partial charge in [-0.25, -0.2) is 0 Å². The fourth-order valence-corrected chi connectivity index (χ4v) is 1.89. The summed E-state index contributed by atoms with van der Waals surface area (Å²) in [5.74, 6) is 0.0490. The molecule has 1 amide bonds. The molecule has 21 heavy (non-hydrogen) atoms. The van der Waals surface area contributed by atoms with Crippen molar-refractivity contribution in [1.82, 2.24) is 5.32 Å². The van der Waals surface area contributed by atoms with E-state index in [1.807, 2.05) is 0 Å². The van der Waals surface area contributed by atoms with Gasteiger partial charge in [0.25, 0.3) is 5.91 Å². The molecule has 1 heterocycles. The first kappa shape index (κ1) is 15.7. The number of carbonyl (C=O) groups excluding carboxylic acids is 1. The van der Waals surface area contributed by atoms with E-state index in [9.17, 15) is 9.90 Å². The van der Waals surface area contributed by atoms with Crippen LogP contribution in [-0.2, 0) is 0 Å². The molecule has 1 aromatic heterocycles. The molecule has 0 saturated heterocycles. The van der Waals surface area contributed by atoms with E-state index >= 15 is 0 Å². The number of hydrogen-bond acceptors (Lipinski definition) is 4. The summed E-state index contributed by atoms with van der Waals surface area (Å²) < 4.78 is 10.2. The minimum absolute atomic E-state index is 0.0221. The number of aliphatic hydroxyl groups excluding tert-OH is 1. The van der Waals surface area contributed by atoms with Gasteiger partial charge in [0.05, 0.1) is 16.8 Å². The van der Waals surface area contributed by atoms with Gasteiger partial charge in [-0.05, 0) is 18.2 Å². The van der Waals surface area contributed by atoms with E-state index in [4.69, 9.17) is 32.4 Å². The van der Waals surface area contributed by atoms with Crippen molar-refractivity contribution in [3.63, 3.8) is 0 Å². The molecule has 1 atom stereocenters. The molecule has 0 bridgehead atoms. The van der Waals surface area contributed by atoms with Gasteiger partial charge in [0.2, 0.25) is 0 Å². The van der Waals surface area contributed by atoms with Crippen LogP contribution in [0.5, 0.6) is 5.75 Å². The maximum Gasteiger partial charge on any atom is 0.254 e. The summed E-state index contributed by atoms with van der Waals surface area (Å²) in [5, 5.41) is 13.0. The van der Waals surface area contributed by atoms with Gasteiger partial charge in [-0.1, -0.05) is 29.3 Å². The number of carbonyl (C=O) groups is 1. The Morgan fingerprint density at radius 1 is 1.38 bits per heavy atom. The Morgan fingerprint density at radius 3 is 2.90 bits per heavy atom. The largest absolute Gasteiger partial charge is 0.489 e. The Labute approximate surface area is 131 Å². The normalized spacial score (nSPS) is 12.0. The molecule has 112 valence electrons. The molecular formula is C14H13Cl2NO4. The average Bonchev–Trinajstić information content (AvgIpc) is 3.00. The van der Waals surface area contributed by atoms with Crippen molar-refractivity contribution in [3.05, 3.63) is 52.4 Å². The first-order valence-electron chi connectivity index (χ1n) is 6.13. The molecule has 5 nitrogen and oxygen atoms in total. The third-order valence-corrected chi connectivity index (χ3v) is 3.43. The van der Waals surface area contributed by atoms with E-state index in [1.54, 1.807) is 18.2 Å². The van der Waals surface area contributed by atoms with Crippen LogP contribution in [0, 0.1) is 0 Å². The molecule has 2 N–H and O–H groups in total. The highest BCUT2D eigenvalue weighted by atomic mass is 35.5. The van der Waals surface area contributed by atoms with Crippen molar-refractivity contribution in [2.24, 2.45) is 0 Å². The molecule has 0 spiro atoms. The number of benzene rings is 1. The minimum atomic E-state index is -0.879. The van der Waals surface area contributed by atoms with E-state index in [1.165, 1.54) is 18.6 Å². The minimum Gasteiger partial charge on any atom is -0.489 e. The maximum absolute atomic E-state index is 11.6. The van der Waals surface area contributed by atoms with Gasteiger partial charge in [0.15, 0.2) is 0 Å². The van der Waals surface area contributed by atoms with Gasteiger partial charge < -0.3 is 19.6 Å². The number of aliphatic hydroxyl groups is 1. The molecule has 0 aliphatic carbocycles. The number of hydrogen-bond donors (Lipinski definition) is 2. The number of rotatable bonds is 6. The molecule has 0 saturated carbocycles. The smallest absolute Gasteiger partial charge is 0.254 e. The molecule has 1 aromatic carbocycles. The van der Waals surface area contributed by atoms with Crippen molar-refractivity contribution in [2.75, 3.05) is 13.2 Å². The zero-order valence-corrected chi connectivity index (χ0v) is 12.4. The van der Waals surface area contributed by atoms with Crippen LogP contribution in [0.25, 0.3) is 0 Å². The van der Waals surface area contributed by atoms with Gasteiger partial charge in [0, 0.05) is 6.54 Å². The summed E-state index contributed by atoms with van der Waals surface area (Å²) in [6, 6.07) is 6.50. The van der Waals surface area contributed by atoms with Crippen LogP contribution in [-0.4, -0.2) is 30.3 Å². The average molecular weight is 330 g/mol. The predicted octanol–water partition coefficient (Wildman–Crippen LogP) is 2.76. The highest BCUT2D eigenvalue weighted by Gasteiger charge is 2.12. The number of halogens is 2. The second-order valence-corrected chi connectivity index (χ2v) is 5.02. The van der Waals surface area contributed by atoms with E-state index < -0.39 is 6.10 Å². The number of furan rings is 1. The first-order valence-corrected chi connectivity index (χ1v) is 6.89. The third-order valence-electron chi connectivity index (χ3n) is 2.63. The standard InChI is InChI=1S/C14H13Cl2NO4/c15-11-2-1-3-12(13(11)16)21-8-10(18)6-17-14(19)9-4-5-20-7-9/h1-5,7,10,18H,6,8H2,(H,17,19)/t10-/m0/s1. The van der Waals surface area contributed by atoms with Crippen LogP contribution >= 0.6 is 23.2 Å². The number of ether oxygens (including phenoxy) is 1. The van der Waals surface area contributed by atoms with Crippen molar-refractivity contribution in [3.8, 4) is 5.75 Å². The molecule has 2 rings (SSSR count). The second kappa shape index (κ2) is 7.36. The van der Waals surface area contributed by atoms with Crippen molar-refractivity contribution >= 4 is 29.1 Å². The SMILES string of the molecule is O=C(NC[C@H](O)COc1cccc(Cl)c1Cl)c1ccoc1. The lowest BCUT2D eigenvalue weighted by Crippen LogP contribution is -2.35. The molecule has 0 aliphatic heterocycles. The summed E-state index contributed by atoms with van der Waals surface area (Å²) in [6.07, 6.45) is 1.84. The van der Waals surface area contributed by atoms with Crippen molar-refractivity contribution in [2.45, 2.75) is 6.10 Å². The van der Waals surface area contributed by atoms with E-state index in [0.29, 0.717) is 16.3 Å². The quantitative estimate of drug-likeness (QED) is 0.854. The van der Waals surface area contributed by atoms with E-state index in [-0.39, 0.29) is 24.1 Å². The zero-order valence-electron chi connectivity index (χ0n) is 10.9. The zero-order chi connectivity index (χ0) is 15.2. The fourth-order valence-electron chi connectivity index (χ4n) is 1.55. The van der Waals surface area contributed by atoms with Crippen LogP contribution in [0.1, 0.15) is 10.4 Å². The van der Waals surface area contributed by atoms with Crippen LogP contribution in [0.3, 0.4) is 0 Å². The monoisotopic (exact) mass is 329 g/mol. The number of amides is 1. The van der Waals surface area contributed by atoms with Gasteiger partial charge in [0.1, 0.15) is 29.7 Å². The van der Waals surface area contributed by atoms with Gasteiger partial charge in [-0.15, -0.1) is 0 Å². The Balaban J connectivity index is 1.78. The second-order valence-electron chi connectivity index (χ2n) is 4.24. The van der Waals surface area contributed by atoms with E-state index in [2.05, 4.69) is 5.32 Å². The predicted molar refractivity (Wildman–Crippen MR) is 79.0 cm³/mol. The summed E-state index contributed by atoms with van der Waals surface area (Å²) >= 11 is 11.8. The molecule has 0 fully saturated rings. The highest BCUT2D eigenvalue weighted by molar-refractivity contribution is 6.42. The molecule has 0 unspecified atom stereocenters. The Morgan fingerprint density at radius 2 is 2.19 bits per heavy atom. The summed E-state index contributed by atoms with van der Waals surface area (Å²) in [5.41, 5.74) is 0.390. The van der Waals surface area contributed by atoms with Gasteiger partial charge >= 0.3 is 0 Å². The lowest BCUT2D eigenvalue weighted by Gasteiger charge is -2.14. The lowest BCUT2D eigenvalue weighted by molar-refractivity contribution is 0.0843. The highest BCUT2D eigenvalue weighted by Crippen LogP contribution is 2.31. The van der Waals surface area contributed by atoms with Crippen LogP contribution in [0.15, 0.2) is 41.2 Å². The molecular weight excluding hydrogens is 317 g/mol. The summed E-state index contributed by atoms with van der Waals surface area (Å²) in [6.45, 7) is 0.0218. The van der Waals surface area contributed by atoms with Gasteiger partial charge in [-0.2, -0.15) is 0 Å². The van der Waals surface area contributed by atoms with Crippen LogP contribution in [0.4, 0.5) is 0 Å². The van der Waals surface area contributed by atoms with Crippen LogP contribution < -0.4 is 10.1 Å². The van der Waals surface area contributed by atoms with Crippen LogP contribution in [0.2, 0.25) is 10.0 Å². The maximum atomic E-state index is 11.6. The Kier molecular flexibility index (Phi) is 5.50. The van der Waals surface area contributed by atoms with Crippen molar-refractivity contribution in [1.29, 1.82) is 0 Å². The fraction of sp³-hybridized carbons (Fsp3) is 0.214. The third kappa shape index (κ3) is 4.39. The van der Waals surface area contributed by atoms with Crippen molar-refractivity contribution < 1.29 is 19.1 Å². The molecule has 7 heteroatoms.